The second-order valence-corrected chi connectivity index (χ2v) is 14.9. The smallest absolute Gasteiger partial charge is 0.457 e. The van der Waals surface area contributed by atoms with Crippen LogP contribution in [0, 0.1) is 0 Å². The summed E-state index contributed by atoms with van der Waals surface area (Å²) in [5, 5.41) is 0. The normalized spacial score (nSPS) is 14.4. The van der Waals surface area contributed by atoms with Crippen LogP contribution in [0.25, 0.3) is 0 Å². The Labute approximate surface area is 330 Å². The van der Waals surface area contributed by atoms with Gasteiger partial charge in [-0.3, -0.25) is 13.8 Å². The third kappa shape index (κ3) is 40.9. The summed E-state index contributed by atoms with van der Waals surface area (Å²) < 4.78 is 33.4. The monoisotopic (exact) mass is 776 g/mol. The van der Waals surface area contributed by atoms with Gasteiger partial charge >= 0.3 is 13.8 Å². The minimum atomic E-state index is -4.29. The Morgan fingerprint density at radius 1 is 0.574 bits per heavy atom. The summed E-state index contributed by atoms with van der Waals surface area (Å²) in [6, 6.07) is 0. The van der Waals surface area contributed by atoms with E-state index in [1.165, 1.54) is 25.7 Å². The van der Waals surface area contributed by atoms with Crippen molar-refractivity contribution in [2.24, 2.45) is 5.73 Å². The molecule has 0 spiro atoms. The van der Waals surface area contributed by atoms with Crippen molar-refractivity contribution in [1.82, 2.24) is 0 Å². The van der Waals surface area contributed by atoms with Gasteiger partial charge in [-0.25, -0.2) is 4.57 Å². The average Bonchev–Trinajstić information content (AvgIpc) is 3.16. The Morgan fingerprint density at radius 3 is 1.56 bits per heavy atom. The lowest BCUT2D eigenvalue weighted by molar-refractivity contribution is -0.154. The molecule has 0 fully saturated rings. The van der Waals surface area contributed by atoms with Crippen molar-refractivity contribution in [3.8, 4) is 0 Å². The molecule has 0 amide bonds. The number of unbranched alkanes of at least 4 members (excludes halogenated alkanes) is 12. The lowest BCUT2D eigenvalue weighted by Crippen LogP contribution is -2.28. The summed E-state index contributed by atoms with van der Waals surface area (Å²) in [5.41, 5.74) is 5.36. The zero-order valence-electron chi connectivity index (χ0n) is 34.2. The molecule has 310 valence electrons. The minimum Gasteiger partial charge on any atom is -0.457 e. The molecular weight excluding hydrogens is 697 g/mol. The Kier molecular flexibility index (Phi) is 40.0. The molecule has 2 atom stereocenters. The fourth-order valence-electron chi connectivity index (χ4n) is 5.23. The van der Waals surface area contributed by atoms with Gasteiger partial charge in [0.25, 0.3) is 0 Å². The fourth-order valence-corrected chi connectivity index (χ4v) is 5.99. The van der Waals surface area contributed by atoms with Gasteiger partial charge in [-0.15, -0.1) is 0 Å². The maximum Gasteiger partial charge on any atom is 0.472 e. The SMILES string of the molecule is CC/C=C\C/C=C\C/C=C\C/C=C\C/C=C\CCCCCCOCC(COP(=O)(O)OCCN)OC(=O)CCCCCCC/C=C\C/C=C\CCCCC. The zero-order valence-corrected chi connectivity index (χ0v) is 35.1. The molecule has 8 nitrogen and oxygen atoms in total. The van der Waals surface area contributed by atoms with E-state index in [9.17, 15) is 14.3 Å². The van der Waals surface area contributed by atoms with E-state index in [0.29, 0.717) is 13.0 Å². The number of phosphoric acid groups is 1. The van der Waals surface area contributed by atoms with Crippen LogP contribution < -0.4 is 5.73 Å². The number of ether oxygens (including phenoxy) is 2. The third-order valence-corrected chi connectivity index (χ3v) is 9.28. The Balaban J connectivity index is 4.15. The number of allylic oxidation sites excluding steroid dienone is 14. The van der Waals surface area contributed by atoms with Crippen LogP contribution in [-0.4, -0.2) is 49.9 Å². The summed E-state index contributed by atoms with van der Waals surface area (Å²) in [6.45, 7) is 4.67. The molecule has 0 bridgehead atoms. The maximum atomic E-state index is 12.6. The van der Waals surface area contributed by atoms with Crippen molar-refractivity contribution >= 4 is 13.8 Å². The van der Waals surface area contributed by atoms with E-state index in [2.05, 4.69) is 98.9 Å². The largest absolute Gasteiger partial charge is 0.472 e. The van der Waals surface area contributed by atoms with Crippen LogP contribution in [0.2, 0.25) is 0 Å². The van der Waals surface area contributed by atoms with E-state index in [4.69, 9.17) is 24.3 Å². The summed E-state index contributed by atoms with van der Waals surface area (Å²) >= 11 is 0. The molecule has 54 heavy (non-hydrogen) atoms. The molecule has 0 aliphatic heterocycles. The average molecular weight is 776 g/mol. The highest BCUT2D eigenvalue weighted by atomic mass is 31.2. The lowest BCUT2D eigenvalue weighted by atomic mass is 10.1. The summed E-state index contributed by atoms with van der Waals surface area (Å²) in [7, 11) is -4.29. The van der Waals surface area contributed by atoms with Crippen molar-refractivity contribution in [3.05, 3.63) is 85.1 Å². The standard InChI is InChI=1S/C45H78NO7P/c1-3-5-7-9-11-13-15-17-19-20-21-22-23-25-27-29-31-33-35-37-40-50-42-44(43-52-54(48,49)51-41-39-46)53-45(47)38-36-34-32-30-28-26-24-18-16-14-12-10-8-6-4-2/h5,7,11-14,17-19,21-22,24-25,27,44H,3-4,6,8-10,15-16,20,23,26,28-43,46H2,1-2H3,(H,48,49)/b7-5-,13-11-,14-12-,19-17-,22-21-,24-18-,27-25-. The van der Waals surface area contributed by atoms with Gasteiger partial charge in [0, 0.05) is 19.6 Å². The van der Waals surface area contributed by atoms with Crippen molar-refractivity contribution in [2.45, 2.75) is 161 Å². The van der Waals surface area contributed by atoms with E-state index in [1.807, 2.05) is 0 Å². The van der Waals surface area contributed by atoms with Crippen LogP contribution in [-0.2, 0) is 27.9 Å². The molecule has 0 rings (SSSR count). The number of carbonyl (C=O) groups excluding carboxylic acids is 1. The predicted octanol–water partition coefficient (Wildman–Crippen LogP) is 12.5. The van der Waals surface area contributed by atoms with E-state index in [0.717, 1.165) is 109 Å². The van der Waals surface area contributed by atoms with Gasteiger partial charge in [0.05, 0.1) is 19.8 Å². The highest BCUT2D eigenvalue weighted by Gasteiger charge is 2.25. The van der Waals surface area contributed by atoms with Crippen LogP contribution in [0.15, 0.2) is 85.1 Å². The number of esters is 1. The number of rotatable bonds is 39. The molecule has 0 radical (unpaired) electrons. The molecular formula is C45H78NO7P. The molecule has 0 aromatic rings. The lowest BCUT2D eigenvalue weighted by Gasteiger charge is -2.20. The van der Waals surface area contributed by atoms with Crippen LogP contribution in [0.3, 0.4) is 0 Å². The molecule has 9 heteroatoms. The summed E-state index contributed by atoms with van der Waals surface area (Å²) in [4.78, 5) is 22.5. The van der Waals surface area contributed by atoms with Crippen LogP contribution >= 0.6 is 7.82 Å². The van der Waals surface area contributed by atoms with Crippen LogP contribution in [0.1, 0.15) is 155 Å². The van der Waals surface area contributed by atoms with Gasteiger partial charge < -0.3 is 20.1 Å². The highest BCUT2D eigenvalue weighted by Crippen LogP contribution is 2.43. The topological polar surface area (TPSA) is 117 Å². The minimum absolute atomic E-state index is 0.0881. The molecule has 0 heterocycles. The van der Waals surface area contributed by atoms with Crippen LogP contribution in [0.5, 0.6) is 0 Å². The van der Waals surface area contributed by atoms with E-state index >= 15 is 0 Å². The predicted molar refractivity (Wildman–Crippen MR) is 228 cm³/mol. The number of nitrogens with two attached hydrogens (primary N) is 1. The van der Waals surface area contributed by atoms with E-state index < -0.39 is 13.9 Å². The van der Waals surface area contributed by atoms with Crippen LogP contribution in [0.4, 0.5) is 0 Å². The summed E-state index contributed by atoms with van der Waals surface area (Å²) in [5.74, 6) is -0.358. The first kappa shape index (κ1) is 51.7. The second kappa shape index (κ2) is 41.8. The highest BCUT2D eigenvalue weighted by molar-refractivity contribution is 7.47. The maximum absolute atomic E-state index is 12.6. The van der Waals surface area contributed by atoms with Gasteiger partial charge in [-0.2, -0.15) is 0 Å². The number of carbonyl (C=O) groups is 1. The van der Waals surface area contributed by atoms with Gasteiger partial charge in [-0.1, -0.05) is 144 Å². The van der Waals surface area contributed by atoms with Crippen molar-refractivity contribution < 1.29 is 32.8 Å². The third-order valence-electron chi connectivity index (χ3n) is 8.30. The van der Waals surface area contributed by atoms with E-state index in [-0.39, 0.29) is 32.3 Å². The van der Waals surface area contributed by atoms with Gasteiger partial charge in [0.2, 0.25) is 0 Å². The Bertz CT molecular complexity index is 1100. The number of hydrogen-bond donors (Lipinski definition) is 2. The molecule has 0 aromatic heterocycles. The van der Waals surface area contributed by atoms with Gasteiger partial charge in [-0.05, 0) is 89.9 Å². The zero-order chi connectivity index (χ0) is 39.5. The molecule has 0 aliphatic carbocycles. The quantitative estimate of drug-likeness (QED) is 0.0274. The van der Waals surface area contributed by atoms with Crippen molar-refractivity contribution in [1.29, 1.82) is 0 Å². The van der Waals surface area contributed by atoms with Gasteiger partial charge in [0.1, 0.15) is 6.10 Å². The fraction of sp³-hybridized carbons (Fsp3) is 0.667. The number of phosphoric ester groups is 1. The number of hydrogen-bond acceptors (Lipinski definition) is 7. The van der Waals surface area contributed by atoms with Crippen molar-refractivity contribution in [3.63, 3.8) is 0 Å². The molecule has 0 aromatic carbocycles. The molecule has 0 saturated carbocycles. The first-order valence-corrected chi connectivity index (χ1v) is 22.6. The first-order chi connectivity index (χ1) is 26.4. The second-order valence-electron chi connectivity index (χ2n) is 13.5. The Morgan fingerprint density at radius 2 is 1.04 bits per heavy atom. The van der Waals surface area contributed by atoms with Gasteiger partial charge in [0.15, 0.2) is 0 Å². The molecule has 3 N–H and O–H groups in total. The van der Waals surface area contributed by atoms with E-state index in [1.54, 1.807) is 0 Å². The molecule has 2 unspecified atom stereocenters. The first-order valence-electron chi connectivity index (χ1n) is 21.1. The van der Waals surface area contributed by atoms with Crippen molar-refractivity contribution in [2.75, 3.05) is 33.0 Å². The Hall–Kier alpha value is -2.32. The molecule has 0 saturated heterocycles. The molecule has 0 aliphatic rings. The summed E-state index contributed by atoms with van der Waals surface area (Å²) in [6.07, 6.45) is 53.1.